The first-order valence-electron chi connectivity index (χ1n) is 8.38. The average Bonchev–Trinajstić information content (AvgIpc) is 2.94. The van der Waals surface area contributed by atoms with E-state index in [0.29, 0.717) is 5.69 Å². The number of hydrogen-bond acceptors (Lipinski definition) is 2. The molecule has 0 N–H and O–H groups in total. The summed E-state index contributed by atoms with van der Waals surface area (Å²) in [6.07, 6.45) is 9.32. The molecular weight excluding hydrogens is 360 g/mol. The summed E-state index contributed by atoms with van der Waals surface area (Å²) in [4.78, 5) is 12.0. The number of methoxy groups -OCH3 is 1. The Balaban J connectivity index is 0.00000192. The van der Waals surface area contributed by atoms with Gasteiger partial charge in [-0.1, -0.05) is 32.1 Å². The number of esters is 1. The van der Waals surface area contributed by atoms with Crippen molar-refractivity contribution in [3.05, 3.63) is 36.0 Å². The molecule has 0 atom stereocenters. The molecule has 1 aromatic carbocycles. The third-order valence-corrected chi connectivity index (χ3v) is 4.84. The molecule has 1 aliphatic rings. The summed E-state index contributed by atoms with van der Waals surface area (Å²) in [7, 11) is 1.44. The van der Waals surface area contributed by atoms with E-state index in [-0.39, 0.29) is 64.2 Å². The molecule has 4 heteroatoms. The van der Waals surface area contributed by atoms with Crippen LogP contribution in [0.1, 0.15) is 55.4 Å². The van der Waals surface area contributed by atoms with Crippen molar-refractivity contribution >= 4 is 16.9 Å². The third-order valence-electron chi connectivity index (χ3n) is 4.84. The van der Waals surface area contributed by atoms with Crippen LogP contribution in [0.3, 0.4) is 0 Å². The molecule has 3 rings (SSSR count). The Labute approximate surface area is 187 Å². The molecule has 0 amide bonds. The number of nitrogens with zero attached hydrogens (tertiary/aromatic N) is 1. The van der Waals surface area contributed by atoms with Gasteiger partial charge in [0.1, 0.15) is 0 Å². The van der Waals surface area contributed by atoms with E-state index < -0.39 is 0 Å². The van der Waals surface area contributed by atoms with Crippen LogP contribution in [-0.4, -0.2) is 17.6 Å². The van der Waals surface area contributed by atoms with Crippen LogP contribution in [0.5, 0.6) is 0 Å². The van der Waals surface area contributed by atoms with Gasteiger partial charge in [-0.15, -0.1) is 35.7 Å². The minimum atomic E-state index is -0.262. The van der Waals surface area contributed by atoms with Crippen molar-refractivity contribution in [3.63, 3.8) is 0 Å². The van der Waals surface area contributed by atoms with E-state index in [1.54, 1.807) is 0 Å². The number of hydrogen-bond donors (Lipinski definition) is 0. The van der Waals surface area contributed by atoms with E-state index in [1.165, 1.54) is 45.6 Å². The van der Waals surface area contributed by atoms with Gasteiger partial charge < -0.3 is 9.30 Å². The van der Waals surface area contributed by atoms with E-state index in [2.05, 4.69) is 16.7 Å². The van der Waals surface area contributed by atoms with Crippen LogP contribution >= 0.6 is 0 Å². The van der Waals surface area contributed by atoms with Gasteiger partial charge in [0.25, 0.3) is 0 Å². The molecule has 2 aromatic rings. The Bertz CT molecular complexity index is 644. The summed E-state index contributed by atoms with van der Waals surface area (Å²) >= 11 is 0. The van der Waals surface area contributed by atoms with Crippen molar-refractivity contribution in [2.45, 2.75) is 51.5 Å². The average molecular weight is 384 g/mol. The smallest absolute Gasteiger partial charge is 0.465 e. The second-order valence-electron chi connectivity index (χ2n) is 6.29. The Morgan fingerprint density at radius 2 is 2.13 bits per heavy atom. The van der Waals surface area contributed by atoms with Crippen LogP contribution in [0.4, 0.5) is 0 Å². The van der Waals surface area contributed by atoms with Gasteiger partial charge in [-0.25, -0.2) is 4.79 Å². The molecule has 1 aromatic heterocycles. The van der Waals surface area contributed by atoms with Gasteiger partial charge in [0, 0.05) is 6.54 Å². The molecular formula is C19H24NO2Rb. The van der Waals surface area contributed by atoms with E-state index in [4.69, 9.17) is 4.74 Å². The summed E-state index contributed by atoms with van der Waals surface area (Å²) in [6.45, 7) is 0.877. The second-order valence-corrected chi connectivity index (χ2v) is 6.29. The van der Waals surface area contributed by atoms with Crippen LogP contribution in [0, 0.1) is 12.0 Å². The van der Waals surface area contributed by atoms with Crippen molar-refractivity contribution in [1.29, 1.82) is 0 Å². The number of rotatable bonds is 5. The fourth-order valence-corrected chi connectivity index (χ4v) is 3.66. The van der Waals surface area contributed by atoms with Crippen LogP contribution in [0.15, 0.2) is 24.3 Å². The van der Waals surface area contributed by atoms with Crippen molar-refractivity contribution in [2.75, 3.05) is 7.11 Å². The van der Waals surface area contributed by atoms with Gasteiger partial charge in [0.2, 0.25) is 0 Å². The quantitative estimate of drug-likeness (QED) is 0.580. The Morgan fingerprint density at radius 3 is 2.87 bits per heavy atom. The summed E-state index contributed by atoms with van der Waals surface area (Å²) in [5, 5.41) is 0.987. The molecule has 0 spiro atoms. The van der Waals surface area contributed by atoms with Crippen molar-refractivity contribution in [3.8, 4) is 0 Å². The maximum absolute atomic E-state index is 12.0. The van der Waals surface area contributed by atoms with Crippen LogP contribution < -0.4 is 58.2 Å². The minimum Gasteiger partial charge on any atom is -0.465 e. The Morgan fingerprint density at radius 1 is 1.35 bits per heavy atom. The first kappa shape index (κ1) is 19.4. The number of carbonyl (C=O) groups is 1. The third kappa shape index (κ3) is 4.78. The monoisotopic (exact) mass is 383 g/mol. The molecule has 0 radical (unpaired) electrons. The topological polar surface area (TPSA) is 31.2 Å². The van der Waals surface area contributed by atoms with E-state index in [0.717, 1.165) is 29.8 Å². The first-order valence-corrected chi connectivity index (χ1v) is 8.38. The zero-order valence-corrected chi connectivity index (χ0v) is 19.2. The number of aryl methyl sites for hydroxylation is 1. The minimum absolute atomic E-state index is 0. The van der Waals surface area contributed by atoms with Gasteiger partial charge in [-0.05, 0) is 24.3 Å². The predicted molar refractivity (Wildman–Crippen MR) is 87.9 cm³/mol. The SMILES string of the molecule is COC(=O)c1cc2[c-]cccc2n1CCCC1CCCCC1.[Rb+]. The maximum Gasteiger partial charge on any atom is 1.00 e. The fourth-order valence-electron chi connectivity index (χ4n) is 3.66. The summed E-state index contributed by atoms with van der Waals surface area (Å²) in [5.41, 5.74) is 1.72. The van der Waals surface area contributed by atoms with E-state index >= 15 is 0 Å². The standard InChI is InChI=1S/C19H24NO2.Rb/c1-22-19(21)18-14-16-11-5-6-12-17(16)20(18)13-7-10-15-8-3-2-4-9-15;/h5-6,12,14-15H,2-4,7-10,13H2,1H3;/q-1;+1. The number of fused-ring (bicyclic) bond motifs is 1. The molecule has 1 fully saturated rings. The van der Waals surface area contributed by atoms with Gasteiger partial charge in [0.05, 0.1) is 12.8 Å². The van der Waals surface area contributed by atoms with Crippen molar-refractivity contribution < 1.29 is 67.7 Å². The molecule has 1 heterocycles. The van der Waals surface area contributed by atoms with Crippen molar-refractivity contribution in [1.82, 2.24) is 4.57 Å². The Hall–Kier alpha value is 0.0352. The number of aromatic nitrogens is 1. The fraction of sp³-hybridized carbons (Fsp3) is 0.526. The van der Waals surface area contributed by atoms with E-state index in [9.17, 15) is 4.79 Å². The first-order chi connectivity index (χ1) is 10.8. The predicted octanol–water partition coefficient (Wildman–Crippen LogP) is 1.59. The molecule has 118 valence electrons. The molecule has 0 bridgehead atoms. The zero-order chi connectivity index (χ0) is 15.4. The van der Waals surface area contributed by atoms with Crippen LogP contribution in [0.2, 0.25) is 0 Å². The number of carbonyl (C=O) groups excluding carboxylic acids is 1. The molecule has 23 heavy (non-hydrogen) atoms. The number of ether oxygens (including phenoxy) is 1. The molecule has 0 unspecified atom stereocenters. The van der Waals surface area contributed by atoms with Gasteiger partial charge in [0.15, 0.2) is 0 Å². The van der Waals surface area contributed by atoms with Crippen LogP contribution in [0.25, 0.3) is 10.9 Å². The van der Waals surface area contributed by atoms with Gasteiger partial charge in [-0.3, -0.25) is 0 Å². The normalized spacial score (nSPS) is 15.3. The largest absolute Gasteiger partial charge is 1.00 e. The van der Waals surface area contributed by atoms with Crippen molar-refractivity contribution in [2.24, 2.45) is 5.92 Å². The maximum atomic E-state index is 12.0. The summed E-state index contributed by atoms with van der Waals surface area (Å²) < 4.78 is 7.03. The molecule has 1 saturated carbocycles. The second kappa shape index (κ2) is 9.50. The molecule has 0 aliphatic heterocycles. The summed E-state index contributed by atoms with van der Waals surface area (Å²) in [6, 6.07) is 11.0. The molecule has 1 aliphatic carbocycles. The number of benzene rings is 1. The van der Waals surface area contributed by atoms with Gasteiger partial charge in [-0.2, -0.15) is 0 Å². The van der Waals surface area contributed by atoms with E-state index in [1.807, 2.05) is 18.2 Å². The zero-order valence-electron chi connectivity index (χ0n) is 14.3. The van der Waals surface area contributed by atoms with Crippen LogP contribution in [-0.2, 0) is 11.3 Å². The summed E-state index contributed by atoms with van der Waals surface area (Å²) in [5.74, 6) is 0.617. The molecule has 0 saturated heterocycles. The van der Waals surface area contributed by atoms with Gasteiger partial charge >= 0.3 is 64.2 Å². The molecule has 3 nitrogen and oxygen atoms in total. The Kier molecular flexibility index (Phi) is 8.00.